The number of carbonyl (C=O) groups is 1. The molecule has 3 rings (SSSR count). The normalized spacial score (nSPS) is 21.9. The highest BCUT2D eigenvalue weighted by Crippen LogP contribution is 2.23. The zero-order chi connectivity index (χ0) is 17.5. The molecule has 0 radical (unpaired) electrons. The van der Waals surface area contributed by atoms with Gasteiger partial charge in [0.2, 0.25) is 5.91 Å². The van der Waals surface area contributed by atoms with Crippen LogP contribution in [0.5, 0.6) is 5.75 Å². The number of amides is 1. The van der Waals surface area contributed by atoms with Gasteiger partial charge in [-0.3, -0.25) is 4.79 Å². The lowest BCUT2D eigenvalue weighted by Crippen LogP contribution is -2.42. The minimum atomic E-state index is 0.167. The van der Waals surface area contributed by atoms with Crippen molar-refractivity contribution in [3.63, 3.8) is 0 Å². The molecule has 1 amide bonds. The Morgan fingerprint density at radius 3 is 2.56 bits per heavy atom. The van der Waals surface area contributed by atoms with Crippen LogP contribution in [-0.2, 0) is 11.3 Å². The van der Waals surface area contributed by atoms with Crippen LogP contribution >= 0.6 is 0 Å². The predicted molar refractivity (Wildman–Crippen MR) is 100 cm³/mol. The number of rotatable bonds is 6. The van der Waals surface area contributed by atoms with Crippen molar-refractivity contribution in [3.8, 4) is 5.75 Å². The maximum absolute atomic E-state index is 12.4. The standard InChI is InChI=1S/C21H30N2O2/c1-25-20-9-7-17(8-10-20)15-22-21(24)19-11-13-23(14-12-19)16-18-5-3-2-4-6-18/h2-3,7-10,18-19H,4-6,11-16H2,1H3,(H,22,24). The fourth-order valence-electron chi connectivity index (χ4n) is 3.84. The minimum absolute atomic E-state index is 0.167. The maximum atomic E-state index is 12.4. The molecule has 2 aliphatic rings. The Bertz CT molecular complexity index is 574. The summed E-state index contributed by atoms with van der Waals surface area (Å²) in [6, 6.07) is 7.86. The van der Waals surface area contributed by atoms with Gasteiger partial charge >= 0.3 is 0 Å². The van der Waals surface area contributed by atoms with Crippen molar-refractivity contribution in [1.82, 2.24) is 10.2 Å². The van der Waals surface area contributed by atoms with Crippen LogP contribution in [-0.4, -0.2) is 37.6 Å². The maximum Gasteiger partial charge on any atom is 0.223 e. The average molecular weight is 342 g/mol. The first kappa shape index (κ1) is 18.0. The molecule has 1 aromatic rings. The van der Waals surface area contributed by atoms with Crippen molar-refractivity contribution in [1.29, 1.82) is 0 Å². The Morgan fingerprint density at radius 1 is 1.16 bits per heavy atom. The molecule has 1 atom stereocenters. The van der Waals surface area contributed by atoms with Crippen molar-refractivity contribution in [2.75, 3.05) is 26.7 Å². The van der Waals surface area contributed by atoms with Crippen molar-refractivity contribution < 1.29 is 9.53 Å². The SMILES string of the molecule is COc1ccc(CNC(=O)C2CCN(CC3CC=CCC3)CC2)cc1. The molecule has 4 nitrogen and oxygen atoms in total. The average Bonchev–Trinajstić information content (AvgIpc) is 2.68. The first-order valence-corrected chi connectivity index (χ1v) is 9.52. The minimum Gasteiger partial charge on any atom is -0.497 e. The lowest BCUT2D eigenvalue weighted by atomic mass is 9.91. The highest BCUT2D eigenvalue weighted by atomic mass is 16.5. The fourth-order valence-corrected chi connectivity index (χ4v) is 3.84. The second kappa shape index (κ2) is 9.04. The Kier molecular flexibility index (Phi) is 6.51. The van der Waals surface area contributed by atoms with Crippen LogP contribution in [0.15, 0.2) is 36.4 Å². The highest BCUT2D eigenvalue weighted by molar-refractivity contribution is 5.78. The number of nitrogens with zero attached hydrogens (tertiary/aromatic N) is 1. The van der Waals surface area contributed by atoms with E-state index >= 15 is 0 Å². The number of hydrogen-bond donors (Lipinski definition) is 1. The summed E-state index contributed by atoms with van der Waals surface area (Å²) in [5.41, 5.74) is 1.11. The van der Waals surface area contributed by atoms with Gasteiger partial charge in [-0.05, 0) is 68.8 Å². The number of ether oxygens (including phenoxy) is 1. The number of hydrogen-bond acceptors (Lipinski definition) is 3. The molecule has 25 heavy (non-hydrogen) atoms. The zero-order valence-corrected chi connectivity index (χ0v) is 15.2. The molecular weight excluding hydrogens is 312 g/mol. The van der Waals surface area contributed by atoms with E-state index in [-0.39, 0.29) is 11.8 Å². The molecule has 1 aliphatic carbocycles. The molecule has 4 heteroatoms. The predicted octanol–water partition coefficient (Wildman–Crippen LogP) is 3.38. The summed E-state index contributed by atoms with van der Waals surface area (Å²) in [5, 5.41) is 3.09. The Hall–Kier alpha value is -1.81. The van der Waals surface area contributed by atoms with Gasteiger partial charge in [0, 0.05) is 19.0 Å². The van der Waals surface area contributed by atoms with Gasteiger partial charge in [-0.15, -0.1) is 0 Å². The van der Waals surface area contributed by atoms with Crippen LogP contribution in [0, 0.1) is 11.8 Å². The third-order valence-electron chi connectivity index (χ3n) is 5.48. The van der Waals surface area contributed by atoms with Gasteiger partial charge < -0.3 is 15.0 Å². The zero-order valence-electron chi connectivity index (χ0n) is 15.2. The third-order valence-corrected chi connectivity index (χ3v) is 5.48. The first-order valence-electron chi connectivity index (χ1n) is 9.52. The molecule has 1 aliphatic heterocycles. The number of nitrogens with one attached hydrogen (secondary N) is 1. The van der Waals surface area contributed by atoms with Crippen LogP contribution in [0.3, 0.4) is 0 Å². The smallest absolute Gasteiger partial charge is 0.223 e. The summed E-state index contributed by atoms with van der Waals surface area (Å²) in [6.07, 6.45) is 10.4. The van der Waals surface area contributed by atoms with Gasteiger partial charge in [0.1, 0.15) is 5.75 Å². The van der Waals surface area contributed by atoms with Gasteiger partial charge in [-0.25, -0.2) is 0 Å². The quantitative estimate of drug-likeness (QED) is 0.806. The topological polar surface area (TPSA) is 41.6 Å². The molecule has 1 N–H and O–H groups in total. The van der Waals surface area contributed by atoms with Gasteiger partial charge in [0.25, 0.3) is 0 Å². The summed E-state index contributed by atoms with van der Waals surface area (Å²) in [5.74, 6) is 2.03. The molecule has 1 unspecified atom stereocenters. The number of benzene rings is 1. The van der Waals surface area contributed by atoms with Gasteiger partial charge in [-0.1, -0.05) is 24.3 Å². The van der Waals surface area contributed by atoms with Crippen LogP contribution in [0.25, 0.3) is 0 Å². The van der Waals surface area contributed by atoms with E-state index in [2.05, 4.69) is 22.4 Å². The molecule has 136 valence electrons. The summed E-state index contributed by atoms with van der Waals surface area (Å²) in [6.45, 7) is 3.91. The lowest BCUT2D eigenvalue weighted by Gasteiger charge is -2.34. The van der Waals surface area contributed by atoms with Gasteiger partial charge in [-0.2, -0.15) is 0 Å². The molecule has 0 aromatic heterocycles. The molecule has 1 saturated heterocycles. The molecule has 1 heterocycles. The number of carbonyl (C=O) groups excluding carboxylic acids is 1. The van der Waals surface area contributed by atoms with Crippen molar-refractivity contribution in [2.45, 2.75) is 38.6 Å². The molecule has 1 aromatic carbocycles. The van der Waals surface area contributed by atoms with Crippen molar-refractivity contribution >= 4 is 5.91 Å². The summed E-state index contributed by atoms with van der Waals surface area (Å²) in [4.78, 5) is 15.0. The first-order chi connectivity index (χ1) is 12.2. The van der Waals surface area contributed by atoms with Gasteiger partial charge in [0.05, 0.1) is 7.11 Å². The number of allylic oxidation sites excluding steroid dienone is 2. The summed E-state index contributed by atoms with van der Waals surface area (Å²) in [7, 11) is 1.66. The van der Waals surface area contributed by atoms with E-state index in [9.17, 15) is 4.79 Å². The number of methoxy groups -OCH3 is 1. The number of likely N-dealkylation sites (tertiary alicyclic amines) is 1. The van der Waals surface area contributed by atoms with E-state index in [0.717, 1.165) is 43.2 Å². The molecule has 0 spiro atoms. The van der Waals surface area contributed by atoms with Gasteiger partial charge in [0.15, 0.2) is 0 Å². The lowest BCUT2D eigenvalue weighted by molar-refractivity contribution is -0.126. The van der Waals surface area contributed by atoms with Crippen molar-refractivity contribution in [3.05, 3.63) is 42.0 Å². The fraction of sp³-hybridized carbons (Fsp3) is 0.571. The summed E-state index contributed by atoms with van der Waals surface area (Å²) < 4.78 is 5.16. The van der Waals surface area contributed by atoms with E-state index in [1.54, 1.807) is 7.11 Å². The van der Waals surface area contributed by atoms with Crippen LogP contribution in [0.4, 0.5) is 0 Å². The van der Waals surface area contributed by atoms with E-state index in [1.165, 1.54) is 25.8 Å². The highest BCUT2D eigenvalue weighted by Gasteiger charge is 2.26. The molecule has 0 saturated carbocycles. The van der Waals surface area contributed by atoms with E-state index in [4.69, 9.17) is 4.74 Å². The van der Waals surface area contributed by atoms with E-state index in [1.807, 2.05) is 24.3 Å². The van der Waals surface area contributed by atoms with Crippen LogP contribution in [0.1, 0.15) is 37.7 Å². The van der Waals surface area contributed by atoms with E-state index in [0.29, 0.717) is 6.54 Å². The second-order valence-electron chi connectivity index (χ2n) is 7.29. The van der Waals surface area contributed by atoms with Crippen molar-refractivity contribution in [2.24, 2.45) is 11.8 Å². The Morgan fingerprint density at radius 2 is 1.92 bits per heavy atom. The Labute approximate surface area is 151 Å². The third kappa shape index (κ3) is 5.33. The summed E-state index contributed by atoms with van der Waals surface area (Å²) >= 11 is 0. The second-order valence-corrected chi connectivity index (χ2v) is 7.29. The van der Waals surface area contributed by atoms with Crippen LogP contribution in [0.2, 0.25) is 0 Å². The monoisotopic (exact) mass is 342 g/mol. The molecular formula is C21H30N2O2. The van der Waals surface area contributed by atoms with Crippen LogP contribution < -0.4 is 10.1 Å². The Balaban J connectivity index is 1.38. The molecule has 0 bridgehead atoms. The number of piperidine rings is 1. The largest absolute Gasteiger partial charge is 0.497 e. The molecule has 1 fully saturated rings. The van der Waals surface area contributed by atoms with E-state index < -0.39 is 0 Å².